The molecular weight excluding hydrogens is 223 g/mol. The highest BCUT2D eigenvalue weighted by molar-refractivity contribution is 7.87. The van der Waals surface area contributed by atoms with Gasteiger partial charge in [-0.15, -0.1) is 11.6 Å². The van der Waals surface area contributed by atoms with Gasteiger partial charge in [0, 0.05) is 26.0 Å². The predicted octanol–water partition coefficient (Wildman–Crippen LogP) is 0.876. The Morgan fingerprint density at radius 3 is 2.08 bits per heavy atom. The normalized spacial score (nSPS) is 15.6. The Hall–Kier alpha value is 0.450. The Morgan fingerprint density at radius 2 is 1.83 bits per heavy atom. The maximum atomic E-state index is 11.2. The van der Waals surface area contributed by atoms with Crippen LogP contribution in [0.25, 0.3) is 0 Å². The van der Waals surface area contributed by atoms with Crippen molar-refractivity contribution in [2.45, 2.75) is 12.3 Å². The maximum Gasteiger partial charge on any atom is 0.295 e. The lowest BCUT2D eigenvalue weighted by molar-refractivity contribution is 0.466. The molecule has 0 aromatic heterocycles. The molecule has 0 rings (SSSR count). The predicted molar refractivity (Wildman–Crippen MR) is 50.5 cm³/mol. The van der Waals surface area contributed by atoms with Crippen molar-refractivity contribution >= 4 is 33.6 Å². The van der Waals surface area contributed by atoms with Crippen LogP contribution >= 0.6 is 23.4 Å². The molecule has 0 aliphatic rings. The molecule has 0 aromatic carbocycles. The van der Waals surface area contributed by atoms with Crippen molar-refractivity contribution in [1.82, 2.24) is 8.13 Å². The highest BCUT2D eigenvalue weighted by atomic mass is 35.5. The van der Waals surface area contributed by atoms with Gasteiger partial charge in [0.1, 0.15) is 0 Å². The standard InChI is InChI=1S/C5H12Cl2N2O2S/c1-5(6)4-9(7)12(10,11)8(2)3/h5H,4H2,1-3H3. The largest absolute Gasteiger partial charge is 0.295 e. The molecule has 1 atom stereocenters. The van der Waals surface area contributed by atoms with Crippen molar-refractivity contribution in [3.63, 3.8) is 0 Å². The number of halogens is 2. The fourth-order valence-electron chi connectivity index (χ4n) is 0.469. The van der Waals surface area contributed by atoms with Gasteiger partial charge in [-0.3, -0.25) is 0 Å². The van der Waals surface area contributed by atoms with Crippen LogP contribution in [0.15, 0.2) is 0 Å². The minimum absolute atomic E-state index is 0.0869. The van der Waals surface area contributed by atoms with E-state index in [-0.39, 0.29) is 11.9 Å². The molecule has 12 heavy (non-hydrogen) atoms. The molecule has 1 unspecified atom stereocenters. The van der Waals surface area contributed by atoms with E-state index in [1.165, 1.54) is 14.1 Å². The first-order chi connectivity index (χ1) is 5.28. The van der Waals surface area contributed by atoms with Gasteiger partial charge in [0.2, 0.25) is 0 Å². The van der Waals surface area contributed by atoms with E-state index in [9.17, 15) is 8.42 Å². The second kappa shape index (κ2) is 4.62. The van der Waals surface area contributed by atoms with Gasteiger partial charge in [0.25, 0.3) is 10.2 Å². The van der Waals surface area contributed by atoms with Crippen LogP contribution in [0.4, 0.5) is 0 Å². The van der Waals surface area contributed by atoms with Gasteiger partial charge in [0.05, 0.1) is 0 Å². The summed E-state index contributed by atoms with van der Waals surface area (Å²) in [4.78, 5) is 0. The molecular formula is C5H12Cl2N2O2S. The number of rotatable bonds is 4. The lowest BCUT2D eigenvalue weighted by atomic mass is 10.5. The first-order valence-electron chi connectivity index (χ1n) is 3.28. The van der Waals surface area contributed by atoms with Gasteiger partial charge < -0.3 is 0 Å². The van der Waals surface area contributed by atoms with Gasteiger partial charge in [-0.25, -0.2) is 0 Å². The van der Waals surface area contributed by atoms with Gasteiger partial charge in [-0.05, 0) is 18.7 Å². The average molecular weight is 235 g/mol. The monoisotopic (exact) mass is 234 g/mol. The van der Waals surface area contributed by atoms with E-state index in [1.807, 2.05) is 0 Å². The summed E-state index contributed by atoms with van der Waals surface area (Å²) in [5.74, 6) is 0. The van der Waals surface area contributed by atoms with Gasteiger partial charge in [-0.1, -0.05) is 3.82 Å². The lowest BCUT2D eigenvalue weighted by Crippen LogP contribution is -2.36. The molecule has 0 aliphatic heterocycles. The Kier molecular flexibility index (Phi) is 4.79. The van der Waals surface area contributed by atoms with E-state index in [0.717, 1.165) is 4.31 Å². The molecule has 0 heterocycles. The van der Waals surface area contributed by atoms with Crippen molar-refractivity contribution in [3.8, 4) is 0 Å². The molecule has 0 radical (unpaired) electrons. The number of hydrogen-bond donors (Lipinski definition) is 0. The van der Waals surface area contributed by atoms with Crippen LogP contribution < -0.4 is 0 Å². The van der Waals surface area contributed by atoms with Crippen molar-refractivity contribution in [2.75, 3.05) is 20.6 Å². The third-order valence-corrected chi connectivity index (χ3v) is 3.48. The highest BCUT2D eigenvalue weighted by Gasteiger charge is 2.23. The molecule has 0 bridgehead atoms. The summed E-state index contributed by atoms with van der Waals surface area (Å²) in [5.41, 5.74) is 0. The molecule has 74 valence electrons. The summed E-state index contributed by atoms with van der Waals surface area (Å²) in [5, 5.41) is -0.308. The van der Waals surface area contributed by atoms with E-state index in [2.05, 4.69) is 0 Å². The molecule has 4 nitrogen and oxygen atoms in total. The molecule has 0 aliphatic carbocycles. The summed E-state index contributed by atoms with van der Waals surface area (Å²) in [7, 11) is -0.712. The smallest absolute Gasteiger partial charge is 0.194 e. The minimum Gasteiger partial charge on any atom is -0.194 e. The topological polar surface area (TPSA) is 40.6 Å². The van der Waals surface area contributed by atoms with Crippen molar-refractivity contribution in [3.05, 3.63) is 0 Å². The molecule has 0 amide bonds. The molecule has 0 saturated carbocycles. The van der Waals surface area contributed by atoms with Crippen LogP contribution in [-0.4, -0.2) is 42.6 Å². The van der Waals surface area contributed by atoms with Crippen LogP contribution in [0.1, 0.15) is 6.92 Å². The van der Waals surface area contributed by atoms with Crippen molar-refractivity contribution in [1.29, 1.82) is 0 Å². The second-order valence-electron chi connectivity index (χ2n) is 2.54. The van der Waals surface area contributed by atoms with Crippen LogP contribution in [0, 0.1) is 0 Å². The molecule has 7 heteroatoms. The Labute approximate surface area is 83.3 Å². The molecule has 0 spiro atoms. The fourth-order valence-corrected chi connectivity index (χ4v) is 2.10. The average Bonchev–Trinajstić information content (AvgIpc) is 1.85. The van der Waals surface area contributed by atoms with Crippen molar-refractivity contribution < 1.29 is 8.42 Å². The van der Waals surface area contributed by atoms with E-state index >= 15 is 0 Å². The first kappa shape index (κ1) is 12.4. The van der Waals surface area contributed by atoms with E-state index in [4.69, 9.17) is 23.4 Å². The number of nitrogens with zero attached hydrogens (tertiary/aromatic N) is 2. The zero-order chi connectivity index (χ0) is 9.94. The quantitative estimate of drug-likeness (QED) is 0.536. The third-order valence-electron chi connectivity index (χ3n) is 1.11. The lowest BCUT2D eigenvalue weighted by Gasteiger charge is -2.19. The molecule has 0 saturated heterocycles. The zero-order valence-corrected chi connectivity index (χ0v) is 9.49. The van der Waals surface area contributed by atoms with Gasteiger partial charge in [0.15, 0.2) is 0 Å². The Morgan fingerprint density at radius 1 is 1.42 bits per heavy atom. The summed E-state index contributed by atoms with van der Waals surface area (Å²) in [6.45, 7) is 1.76. The van der Waals surface area contributed by atoms with E-state index in [1.54, 1.807) is 6.92 Å². The van der Waals surface area contributed by atoms with Crippen LogP contribution in [-0.2, 0) is 10.2 Å². The van der Waals surface area contributed by atoms with Crippen molar-refractivity contribution in [2.24, 2.45) is 0 Å². The van der Waals surface area contributed by atoms with Crippen LogP contribution in [0.5, 0.6) is 0 Å². The summed E-state index contributed by atoms with van der Waals surface area (Å²) in [6.07, 6.45) is 0. The Balaban J connectivity index is 4.38. The first-order valence-corrected chi connectivity index (χ1v) is 5.45. The molecule has 0 aromatic rings. The van der Waals surface area contributed by atoms with Gasteiger partial charge in [-0.2, -0.15) is 12.7 Å². The van der Waals surface area contributed by atoms with Gasteiger partial charge >= 0.3 is 0 Å². The van der Waals surface area contributed by atoms with E-state index < -0.39 is 10.2 Å². The minimum atomic E-state index is -3.52. The van der Waals surface area contributed by atoms with Crippen LogP contribution in [0.3, 0.4) is 0 Å². The SMILES string of the molecule is CC(Cl)CN(Cl)S(=O)(=O)N(C)C. The summed E-state index contributed by atoms with van der Waals surface area (Å²) >= 11 is 11.1. The molecule has 0 N–H and O–H groups in total. The van der Waals surface area contributed by atoms with Crippen LogP contribution in [0.2, 0.25) is 0 Å². The number of alkyl halides is 1. The van der Waals surface area contributed by atoms with E-state index in [0.29, 0.717) is 3.82 Å². The summed E-state index contributed by atoms with van der Waals surface area (Å²) < 4.78 is 24.2. The Bertz CT molecular complexity index is 228. The maximum absolute atomic E-state index is 11.2. The number of hydrogen-bond acceptors (Lipinski definition) is 2. The molecule has 0 fully saturated rings. The highest BCUT2D eigenvalue weighted by Crippen LogP contribution is 2.10. The zero-order valence-electron chi connectivity index (χ0n) is 7.16. The second-order valence-corrected chi connectivity index (χ2v) is 5.96. The summed E-state index contributed by atoms with van der Waals surface area (Å²) in [6, 6.07) is 0. The fraction of sp³-hybridized carbons (Fsp3) is 1.00. The third kappa shape index (κ3) is 3.45.